The summed E-state index contributed by atoms with van der Waals surface area (Å²) in [4.78, 5) is 39.9. The number of hydrogen-bond acceptors (Lipinski definition) is 8. The quantitative estimate of drug-likeness (QED) is 0.275. The SMILES string of the molecule is CCOC(=O)C1=C(N)N(c2ccc([N+](=O)[O-])cc2)C2=C(C(=O)CCC2)C1c1ccc(SC)cc1. The van der Waals surface area contributed by atoms with Crippen molar-refractivity contribution >= 4 is 34.9 Å². The number of thioether (sulfide) groups is 1. The van der Waals surface area contributed by atoms with Gasteiger partial charge in [-0.15, -0.1) is 11.8 Å². The van der Waals surface area contributed by atoms with E-state index in [0.717, 1.165) is 16.2 Å². The first-order valence-corrected chi connectivity index (χ1v) is 12.2. The number of hydrogen-bond donors (Lipinski definition) is 1. The molecule has 0 bridgehead atoms. The Bertz CT molecular complexity index is 1200. The van der Waals surface area contributed by atoms with E-state index in [9.17, 15) is 19.7 Å². The van der Waals surface area contributed by atoms with Gasteiger partial charge in [-0.2, -0.15) is 0 Å². The molecule has 34 heavy (non-hydrogen) atoms. The maximum atomic E-state index is 13.3. The topological polar surface area (TPSA) is 116 Å². The van der Waals surface area contributed by atoms with Crippen molar-refractivity contribution in [2.45, 2.75) is 37.0 Å². The number of non-ortho nitro benzene ring substituents is 1. The minimum absolute atomic E-state index is 0.0404. The Balaban J connectivity index is 1.94. The van der Waals surface area contributed by atoms with Gasteiger partial charge in [0, 0.05) is 40.4 Å². The molecule has 1 aliphatic carbocycles. The first-order valence-electron chi connectivity index (χ1n) is 11.0. The molecule has 1 atom stereocenters. The van der Waals surface area contributed by atoms with Crippen LogP contribution in [0.5, 0.6) is 0 Å². The molecule has 176 valence electrons. The summed E-state index contributed by atoms with van der Waals surface area (Å²) in [5.74, 6) is -1.11. The average molecular weight is 480 g/mol. The van der Waals surface area contributed by atoms with Gasteiger partial charge < -0.3 is 10.5 Å². The smallest absolute Gasteiger partial charge is 0.338 e. The largest absolute Gasteiger partial charge is 0.463 e. The second kappa shape index (κ2) is 9.72. The molecule has 8 nitrogen and oxygen atoms in total. The molecule has 0 radical (unpaired) electrons. The number of Topliss-reactive ketones (excluding diaryl/α,β-unsaturated/α-hetero) is 1. The Morgan fingerprint density at radius 2 is 1.85 bits per heavy atom. The molecule has 4 rings (SSSR count). The van der Waals surface area contributed by atoms with Crippen LogP contribution in [0.1, 0.15) is 37.7 Å². The molecule has 0 amide bonds. The van der Waals surface area contributed by atoms with Crippen molar-refractivity contribution in [3.63, 3.8) is 0 Å². The number of carbonyl (C=O) groups is 2. The van der Waals surface area contributed by atoms with E-state index in [4.69, 9.17) is 10.5 Å². The van der Waals surface area contributed by atoms with Crippen molar-refractivity contribution in [1.29, 1.82) is 0 Å². The van der Waals surface area contributed by atoms with Gasteiger partial charge in [-0.3, -0.25) is 19.8 Å². The van der Waals surface area contributed by atoms with Gasteiger partial charge in [0.1, 0.15) is 5.82 Å². The van der Waals surface area contributed by atoms with E-state index < -0.39 is 16.8 Å². The third kappa shape index (κ3) is 4.19. The summed E-state index contributed by atoms with van der Waals surface area (Å²) < 4.78 is 5.37. The van der Waals surface area contributed by atoms with E-state index in [2.05, 4.69) is 0 Å². The van der Waals surface area contributed by atoms with Crippen LogP contribution in [0.2, 0.25) is 0 Å². The number of ketones is 1. The van der Waals surface area contributed by atoms with E-state index in [1.165, 1.54) is 12.1 Å². The first-order chi connectivity index (χ1) is 16.4. The Kier molecular flexibility index (Phi) is 6.74. The van der Waals surface area contributed by atoms with Crippen LogP contribution in [0.4, 0.5) is 11.4 Å². The Morgan fingerprint density at radius 3 is 2.44 bits per heavy atom. The highest BCUT2D eigenvalue weighted by Gasteiger charge is 2.43. The number of esters is 1. The number of nitro groups is 1. The average Bonchev–Trinajstić information content (AvgIpc) is 2.84. The molecule has 0 aromatic heterocycles. The monoisotopic (exact) mass is 479 g/mol. The molecule has 2 aromatic rings. The van der Waals surface area contributed by atoms with E-state index in [1.54, 1.807) is 35.7 Å². The van der Waals surface area contributed by atoms with Crippen molar-refractivity contribution in [3.8, 4) is 0 Å². The first kappa shape index (κ1) is 23.6. The van der Waals surface area contributed by atoms with Gasteiger partial charge in [0.05, 0.1) is 23.0 Å². The molecule has 1 aliphatic heterocycles. The second-order valence-electron chi connectivity index (χ2n) is 7.97. The summed E-state index contributed by atoms with van der Waals surface area (Å²) in [6.07, 6.45) is 3.60. The predicted octanol–water partition coefficient (Wildman–Crippen LogP) is 4.66. The molecular weight excluding hydrogens is 454 g/mol. The lowest BCUT2D eigenvalue weighted by atomic mass is 9.75. The minimum Gasteiger partial charge on any atom is -0.463 e. The third-order valence-electron chi connectivity index (χ3n) is 6.06. The highest BCUT2D eigenvalue weighted by atomic mass is 32.2. The van der Waals surface area contributed by atoms with Crippen molar-refractivity contribution in [1.82, 2.24) is 0 Å². The number of anilines is 1. The fourth-order valence-corrected chi connectivity index (χ4v) is 4.95. The number of rotatable bonds is 6. The number of allylic oxidation sites excluding steroid dienone is 2. The standard InChI is InChI=1S/C25H25N3O5S/c1-3-33-25(30)23-21(15-7-13-18(34-2)14-8-15)22-19(5-4-6-20(22)29)27(24(23)26)16-9-11-17(12-10-16)28(31)32/h7-14,21H,3-6,26H2,1-2H3. The molecule has 1 heterocycles. The summed E-state index contributed by atoms with van der Waals surface area (Å²) in [5.41, 5.74) is 9.36. The van der Waals surface area contributed by atoms with Gasteiger partial charge in [0.25, 0.3) is 5.69 Å². The van der Waals surface area contributed by atoms with Crippen LogP contribution in [0.25, 0.3) is 0 Å². The zero-order chi connectivity index (χ0) is 24.4. The zero-order valence-electron chi connectivity index (χ0n) is 18.9. The summed E-state index contributed by atoms with van der Waals surface area (Å²) in [6, 6.07) is 13.6. The summed E-state index contributed by atoms with van der Waals surface area (Å²) in [5, 5.41) is 11.1. The van der Waals surface area contributed by atoms with E-state index in [0.29, 0.717) is 30.5 Å². The lowest BCUT2D eigenvalue weighted by Crippen LogP contribution is -2.41. The number of nitro benzene ring substituents is 1. The van der Waals surface area contributed by atoms with Crippen molar-refractivity contribution < 1.29 is 19.2 Å². The predicted molar refractivity (Wildman–Crippen MR) is 130 cm³/mol. The molecule has 2 aliphatic rings. The minimum atomic E-state index is -0.646. The van der Waals surface area contributed by atoms with Gasteiger partial charge in [-0.25, -0.2) is 4.79 Å². The summed E-state index contributed by atoms with van der Waals surface area (Å²) >= 11 is 1.60. The van der Waals surface area contributed by atoms with Crippen LogP contribution >= 0.6 is 11.8 Å². The molecule has 0 fully saturated rings. The van der Waals surface area contributed by atoms with Gasteiger partial charge in [0.2, 0.25) is 0 Å². The van der Waals surface area contributed by atoms with Gasteiger partial charge >= 0.3 is 5.97 Å². The molecule has 2 N–H and O–H groups in total. The lowest BCUT2D eigenvalue weighted by molar-refractivity contribution is -0.384. The highest BCUT2D eigenvalue weighted by molar-refractivity contribution is 7.98. The molecule has 9 heteroatoms. The normalized spacial score (nSPS) is 18.1. The van der Waals surface area contributed by atoms with Crippen LogP contribution < -0.4 is 10.6 Å². The fourth-order valence-electron chi connectivity index (χ4n) is 4.54. The van der Waals surface area contributed by atoms with E-state index >= 15 is 0 Å². The summed E-state index contributed by atoms with van der Waals surface area (Å²) in [6.45, 7) is 1.87. The molecule has 0 spiro atoms. The zero-order valence-corrected chi connectivity index (χ0v) is 19.8. The van der Waals surface area contributed by atoms with Crippen molar-refractivity contribution in [2.24, 2.45) is 5.73 Å². The number of carbonyl (C=O) groups excluding carboxylic acids is 2. The second-order valence-corrected chi connectivity index (χ2v) is 8.85. The Labute approximate surface area is 201 Å². The van der Waals surface area contributed by atoms with Gasteiger partial charge in [-0.1, -0.05) is 12.1 Å². The molecular formula is C25H25N3O5S. The Hall–Kier alpha value is -3.59. The number of benzene rings is 2. The van der Waals surface area contributed by atoms with Crippen LogP contribution in [0.3, 0.4) is 0 Å². The number of ether oxygens (including phenoxy) is 1. The summed E-state index contributed by atoms with van der Waals surface area (Å²) in [7, 11) is 0. The third-order valence-corrected chi connectivity index (χ3v) is 6.80. The molecule has 1 unspecified atom stereocenters. The van der Waals surface area contributed by atoms with E-state index in [-0.39, 0.29) is 29.5 Å². The molecule has 0 saturated heterocycles. The van der Waals surface area contributed by atoms with Crippen LogP contribution in [-0.2, 0) is 14.3 Å². The molecule has 0 saturated carbocycles. The van der Waals surface area contributed by atoms with Crippen molar-refractivity contribution in [3.05, 3.63) is 86.9 Å². The van der Waals surface area contributed by atoms with Crippen LogP contribution in [-0.4, -0.2) is 29.5 Å². The highest BCUT2D eigenvalue weighted by Crippen LogP contribution is 2.47. The van der Waals surface area contributed by atoms with E-state index in [1.807, 2.05) is 30.5 Å². The van der Waals surface area contributed by atoms with Crippen molar-refractivity contribution in [2.75, 3.05) is 17.8 Å². The number of nitrogens with two attached hydrogens (primary N) is 1. The van der Waals surface area contributed by atoms with Crippen LogP contribution in [0.15, 0.2) is 76.1 Å². The lowest BCUT2D eigenvalue weighted by Gasteiger charge is -2.40. The Morgan fingerprint density at radius 1 is 1.18 bits per heavy atom. The van der Waals surface area contributed by atoms with Gasteiger partial charge in [-0.05, 0) is 55.9 Å². The maximum absolute atomic E-state index is 13.3. The van der Waals surface area contributed by atoms with Crippen LogP contribution in [0, 0.1) is 10.1 Å². The fraction of sp³-hybridized carbons (Fsp3) is 0.280. The maximum Gasteiger partial charge on any atom is 0.338 e. The van der Waals surface area contributed by atoms with Gasteiger partial charge in [0.15, 0.2) is 5.78 Å². The molecule has 2 aromatic carbocycles. The number of nitrogens with zero attached hydrogens (tertiary/aromatic N) is 2.